The van der Waals surface area contributed by atoms with E-state index >= 15 is 0 Å². The van der Waals surface area contributed by atoms with Crippen LogP contribution in [0.3, 0.4) is 0 Å². The average molecular weight is 297 g/mol. The van der Waals surface area contributed by atoms with Crippen LogP contribution < -0.4 is 10.4 Å². The number of carbonyl (C=O) groups is 2. The third-order valence-electron chi connectivity index (χ3n) is 2.25. The van der Waals surface area contributed by atoms with Gasteiger partial charge in [0.15, 0.2) is 0 Å². The van der Waals surface area contributed by atoms with Crippen molar-refractivity contribution >= 4 is 23.6 Å². The number of hydrogen-bond acceptors (Lipinski definition) is 6. The van der Waals surface area contributed by atoms with Gasteiger partial charge in [0.1, 0.15) is 5.69 Å². The van der Waals surface area contributed by atoms with Gasteiger partial charge >= 0.3 is 12.2 Å². The highest BCUT2D eigenvalue weighted by atomic mass is 16.6. The van der Waals surface area contributed by atoms with Gasteiger partial charge in [-0.2, -0.15) is 5.01 Å². The molecule has 0 unspecified atom stereocenters. The highest BCUT2D eigenvalue weighted by Gasteiger charge is 2.27. The Morgan fingerprint density at radius 2 is 1.86 bits per heavy atom. The van der Waals surface area contributed by atoms with Gasteiger partial charge in [-0.15, -0.1) is 0 Å². The lowest BCUT2D eigenvalue weighted by Crippen LogP contribution is -2.47. The number of benzene rings is 1. The molecular formula is C12H15N3O6. The highest BCUT2D eigenvalue weighted by Crippen LogP contribution is 2.27. The monoisotopic (exact) mass is 297 g/mol. The summed E-state index contributed by atoms with van der Waals surface area (Å²) in [5, 5.41) is 11.6. The Morgan fingerprint density at radius 1 is 1.24 bits per heavy atom. The molecule has 0 saturated heterocycles. The maximum Gasteiger partial charge on any atom is 0.433 e. The summed E-state index contributed by atoms with van der Waals surface area (Å²) in [5.41, 5.74) is 1.62. The first kappa shape index (κ1) is 16.2. The number of hydrazine groups is 1. The lowest BCUT2D eigenvalue weighted by molar-refractivity contribution is -0.384. The van der Waals surface area contributed by atoms with Gasteiger partial charge in [-0.05, 0) is 19.9 Å². The van der Waals surface area contributed by atoms with E-state index in [0.29, 0.717) is 5.01 Å². The molecule has 0 atom stereocenters. The van der Waals surface area contributed by atoms with Crippen LogP contribution >= 0.6 is 0 Å². The number of anilines is 1. The first-order chi connectivity index (χ1) is 10.0. The molecule has 1 aromatic carbocycles. The van der Waals surface area contributed by atoms with E-state index < -0.39 is 17.1 Å². The minimum atomic E-state index is -0.958. The Kier molecular flexibility index (Phi) is 5.93. The lowest BCUT2D eigenvalue weighted by atomic mass is 10.2. The number of rotatable bonds is 4. The van der Waals surface area contributed by atoms with Crippen LogP contribution in [0.1, 0.15) is 13.8 Å². The maximum absolute atomic E-state index is 11.9. The van der Waals surface area contributed by atoms with Crippen molar-refractivity contribution in [3.63, 3.8) is 0 Å². The second-order valence-corrected chi connectivity index (χ2v) is 3.61. The third kappa shape index (κ3) is 4.34. The number of nitrogens with zero attached hydrogens (tertiary/aromatic N) is 2. The minimum Gasteiger partial charge on any atom is -0.449 e. The van der Waals surface area contributed by atoms with Gasteiger partial charge in [0, 0.05) is 6.07 Å². The van der Waals surface area contributed by atoms with Crippen molar-refractivity contribution in [2.24, 2.45) is 0 Å². The number of nitro benzene ring substituents is 1. The molecule has 0 heterocycles. The second kappa shape index (κ2) is 7.68. The molecule has 1 rings (SSSR count). The molecule has 0 bridgehead atoms. The number of amides is 2. The predicted octanol–water partition coefficient (Wildman–Crippen LogP) is 2.22. The van der Waals surface area contributed by atoms with Crippen LogP contribution in [0.4, 0.5) is 21.0 Å². The van der Waals surface area contributed by atoms with E-state index in [2.05, 4.69) is 10.2 Å². The van der Waals surface area contributed by atoms with Crippen LogP contribution in [0.15, 0.2) is 24.3 Å². The molecule has 0 aliphatic rings. The zero-order valence-electron chi connectivity index (χ0n) is 11.6. The molecule has 9 heteroatoms. The van der Waals surface area contributed by atoms with Crippen LogP contribution in [0, 0.1) is 10.1 Å². The van der Waals surface area contributed by atoms with Crippen LogP contribution in [0.25, 0.3) is 0 Å². The number of ether oxygens (including phenoxy) is 2. The van der Waals surface area contributed by atoms with Crippen LogP contribution in [-0.4, -0.2) is 30.3 Å². The van der Waals surface area contributed by atoms with Crippen molar-refractivity contribution in [2.75, 3.05) is 18.2 Å². The molecule has 1 N–H and O–H groups in total. The fraction of sp³-hybridized carbons (Fsp3) is 0.333. The van der Waals surface area contributed by atoms with Crippen molar-refractivity contribution in [1.82, 2.24) is 5.43 Å². The molecule has 0 spiro atoms. The summed E-state index contributed by atoms with van der Waals surface area (Å²) < 4.78 is 9.42. The average Bonchev–Trinajstić information content (AvgIpc) is 2.45. The summed E-state index contributed by atoms with van der Waals surface area (Å²) in [5.74, 6) is 0. The van der Waals surface area contributed by atoms with E-state index in [4.69, 9.17) is 4.74 Å². The minimum absolute atomic E-state index is 0.0421. The van der Waals surface area contributed by atoms with Crippen molar-refractivity contribution in [3.05, 3.63) is 34.4 Å². The molecular weight excluding hydrogens is 282 g/mol. The first-order valence-corrected chi connectivity index (χ1v) is 6.14. The van der Waals surface area contributed by atoms with E-state index in [1.165, 1.54) is 24.3 Å². The summed E-state index contributed by atoms with van der Waals surface area (Å²) in [6.07, 6.45) is -1.89. The molecule has 2 amide bonds. The third-order valence-corrected chi connectivity index (χ3v) is 2.25. The maximum atomic E-state index is 11.9. The topological polar surface area (TPSA) is 111 Å². The summed E-state index contributed by atoms with van der Waals surface area (Å²) in [6.45, 7) is 3.28. The standard InChI is InChI=1S/C12H15N3O6/c1-3-20-11(16)13-14(12(17)21-4-2)9-7-5-6-8-10(9)15(18)19/h5-8H,3-4H2,1-2H3,(H,13,16). The summed E-state index contributed by atoms with van der Waals surface area (Å²) in [7, 11) is 0. The highest BCUT2D eigenvalue weighted by molar-refractivity contribution is 5.93. The zero-order valence-corrected chi connectivity index (χ0v) is 11.6. The molecule has 0 fully saturated rings. The van der Waals surface area contributed by atoms with Crippen LogP contribution in [0.5, 0.6) is 0 Å². The van der Waals surface area contributed by atoms with Crippen molar-refractivity contribution in [3.8, 4) is 0 Å². The molecule has 114 valence electrons. The van der Waals surface area contributed by atoms with E-state index in [0.717, 1.165) is 0 Å². The number of para-hydroxylation sites is 2. The number of carbonyl (C=O) groups excluding carboxylic acids is 2. The van der Waals surface area contributed by atoms with Gasteiger partial charge in [0.2, 0.25) is 0 Å². The second-order valence-electron chi connectivity index (χ2n) is 3.61. The fourth-order valence-electron chi connectivity index (χ4n) is 1.45. The van der Waals surface area contributed by atoms with Crippen molar-refractivity contribution < 1.29 is 24.0 Å². The predicted molar refractivity (Wildman–Crippen MR) is 72.8 cm³/mol. The zero-order chi connectivity index (χ0) is 15.8. The van der Waals surface area contributed by atoms with Gasteiger partial charge < -0.3 is 9.47 Å². The number of nitro groups is 1. The molecule has 0 radical (unpaired) electrons. The molecule has 9 nitrogen and oxygen atoms in total. The van der Waals surface area contributed by atoms with Crippen LogP contribution in [-0.2, 0) is 9.47 Å². The first-order valence-electron chi connectivity index (χ1n) is 6.14. The molecule has 0 aromatic heterocycles. The Labute approximate surface area is 120 Å². The van der Waals surface area contributed by atoms with Gasteiger partial charge in [0.25, 0.3) is 5.69 Å². The quantitative estimate of drug-likeness (QED) is 0.673. The molecule has 1 aromatic rings. The Bertz CT molecular complexity index is 533. The summed E-state index contributed by atoms with van der Waals surface area (Å²) >= 11 is 0. The fourth-order valence-corrected chi connectivity index (χ4v) is 1.45. The normalized spacial score (nSPS) is 9.62. The lowest BCUT2D eigenvalue weighted by Gasteiger charge is -2.21. The van der Waals surface area contributed by atoms with E-state index in [1.54, 1.807) is 13.8 Å². The largest absolute Gasteiger partial charge is 0.449 e. The summed E-state index contributed by atoms with van der Waals surface area (Å²) in [4.78, 5) is 33.7. The SMILES string of the molecule is CCOC(=O)NN(C(=O)OCC)c1ccccc1[N+](=O)[O-]. The summed E-state index contributed by atoms with van der Waals surface area (Å²) in [6, 6.07) is 5.44. The molecule has 0 saturated carbocycles. The van der Waals surface area contributed by atoms with Gasteiger partial charge in [-0.25, -0.2) is 15.0 Å². The number of hydrogen-bond donors (Lipinski definition) is 1. The van der Waals surface area contributed by atoms with Crippen molar-refractivity contribution in [2.45, 2.75) is 13.8 Å². The van der Waals surface area contributed by atoms with E-state index in [1.807, 2.05) is 0 Å². The molecule has 21 heavy (non-hydrogen) atoms. The molecule has 0 aliphatic heterocycles. The smallest absolute Gasteiger partial charge is 0.433 e. The van der Waals surface area contributed by atoms with Gasteiger partial charge in [0.05, 0.1) is 18.1 Å². The Balaban J connectivity index is 3.14. The van der Waals surface area contributed by atoms with Gasteiger partial charge in [-0.1, -0.05) is 12.1 Å². The van der Waals surface area contributed by atoms with E-state index in [-0.39, 0.29) is 24.6 Å². The van der Waals surface area contributed by atoms with Crippen LogP contribution in [0.2, 0.25) is 0 Å². The van der Waals surface area contributed by atoms with Crippen molar-refractivity contribution in [1.29, 1.82) is 0 Å². The van der Waals surface area contributed by atoms with Gasteiger partial charge in [-0.3, -0.25) is 10.1 Å². The molecule has 0 aliphatic carbocycles. The Morgan fingerprint density at radius 3 is 2.43 bits per heavy atom. The van der Waals surface area contributed by atoms with E-state index in [9.17, 15) is 19.7 Å². The Hall–Kier alpha value is -2.84. The number of nitrogens with one attached hydrogen (secondary N) is 1.